The van der Waals surface area contributed by atoms with Crippen LogP contribution < -0.4 is 0 Å². The normalized spacial score (nSPS) is 12.1. The summed E-state index contributed by atoms with van der Waals surface area (Å²) in [7, 11) is 0. The molecule has 0 aliphatic rings. The van der Waals surface area contributed by atoms with Crippen LogP contribution in [0.2, 0.25) is 0 Å². The predicted molar refractivity (Wildman–Crippen MR) is 162 cm³/mol. The number of fused-ring (bicyclic) bond motifs is 9. The Kier molecular flexibility index (Phi) is 4.05. The average molecular weight is 499 g/mol. The van der Waals surface area contributed by atoms with Gasteiger partial charge in [-0.1, -0.05) is 84.9 Å². The molecule has 3 heteroatoms. The molecule has 0 saturated heterocycles. The van der Waals surface area contributed by atoms with Gasteiger partial charge in [0.25, 0.3) is 0 Å². The van der Waals surface area contributed by atoms with Crippen molar-refractivity contribution in [2.24, 2.45) is 0 Å². The van der Waals surface area contributed by atoms with Crippen molar-refractivity contribution in [2.45, 2.75) is 0 Å². The maximum Gasteiger partial charge on any atom is 0.137 e. The fourth-order valence-electron chi connectivity index (χ4n) is 6.47. The summed E-state index contributed by atoms with van der Waals surface area (Å²) in [5.74, 6) is 0. The number of rotatable bonds is 2. The van der Waals surface area contributed by atoms with Crippen LogP contribution >= 0.6 is 0 Å². The molecule has 0 spiro atoms. The highest BCUT2D eigenvalue weighted by molar-refractivity contribution is 6.19. The van der Waals surface area contributed by atoms with Crippen LogP contribution in [0.15, 0.2) is 138 Å². The average Bonchev–Trinajstić information content (AvgIpc) is 3.64. The molecule has 0 atom stereocenters. The van der Waals surface area contributed by atoms with Crippen LogP contribution in [0.1, 0.15) is 0 Å². The van der Waals surface area contributed by atoms with Gasteiger partial charge in [-0.2, -0.15) is 0 Å². The van der Waals surface area contributed by atoms with E-state index in [1.165, 1.54) is 38.1 Å². The van der Waals surface area contributed by atoms with Crippen molar-refractivity contribution < 1.29 is 4.42 Å². The van der Waals surface area contributed by atoms with Gasteiger partial charge in [-0.05, 0) is 42.5 Å². The Labute approximate surface area is 223 Å². The Morgan fingerprint density at radius 1 is 0.385 bits per heavy atom. The summed E-state index contributed by atoms with van der Waals surface area (Å²) < 4.78 is 11.2. The Hall–Kier alpha value is -5.28. The van der Waals surface area contributed by atoms with E-state index in [9.17, 15) is 0 Å². The molecule has 0 amide bonds. The monoisotopic (exact) mass is 498 g/mol. The number of furan rings is 1. The number of hydrogen-bond donors (Lipinski definition) is 0. The molecular weight excluding hydrogens is 476 g/mol. The van der Waals surface area contributed by atoms with Gasteiger partial charge in [0, 0.05) is 44.1 Å². The standard InChI is InChI=1S/C36H22N2O/c1-2-11-23(12-3-1)37-30-17-7-4-13-24(30)27-16-10-19-32(36(27)37)38-31-18-8-5-14-25(31)28-21-29-26-15-6-9-20-34(26)39-35(29)22-33(28)38/h1-22H. The lowest BCUT2D eigenvalue weighted by molar-refractivity contribution is 0.669. The zero-order chi connectivity index (χ0) is 25.5. The van der Waals surface area contributed by atoms with Crippen LogP contribution in [-0.2, 0) is 0 Å². The number of hydrogen-bond acceptors (Lipinski definition) is 1. The third-order valence-electron chi connectivity index (χ3n) is 8.10. The fraction of sp³-hybridized carbons (Fsp3) is 0. The van der Waals surface area contributed by atoms with Crippen LogP contribution in [0.25, 0.3) is 76.9 Å². The first-order chi connectivity index (χ1) is 19.4. The third-order valence-corrected chi connectivity index (χ3v) is 8.10. The SMILES string of the molecule is c1ccc(-n2c3ccccc3c3cccc(-n4c5ccccc5c5cc6c(cc54)oc4ccccc46)c32)cc1. The molecule has 9 rings (SSSR count). The lowest BCUT2D eigenvalue weighted by atomic mass is 10.1. The number of benzene rings is 6. The maximum atomic E-state index is 6.36. The molecule has 182 valence electrons. The van der Waals surface area contributed by atoms with E-state index in [-0.39, 0.29) is 0 Å². The molecule has 0 unspecified atom stereocenters. The molecule has 6 aromatic carbocycles. The van der Waals surface area contributed by atoms with Crippen molar-refractivity contribution >= 4 is 65.6 Å². The first kappa shape index (κ1) is 20.7. The largest absolute Gasteiger partial charge is 0.456 e. The summed E-state index contributed by atoms with van der Waals surface area (Å²) in [6.45, 7) is 0. The molecule has 0 saturated carbocycles. The van der Waals surface area contributed by atoms with E-state index in [0.29, 0.717) is 0 Å². The van der Waals surface area contributed by atoms with Gasteiger partial charge in [0.05, 0.1) is 27.8 Å². The molecule has 0 bridgehead atoms. The zero-order valence-corrected chi connectivity index (χ0v) is 21.0. The number of nitrogens with zero attached hydrogens (tertiary/aromatic N) is 2. The van der Waals surface area contributed by atoms with E-state index in [0.717, 1.165) is 38.8 Å². The minimum Gasteiger partial charge on any atom is -0.456 e. The summed E-state index contributed by atoms with van der Waals surface area (Å²) in [6, 6.07) is 47.6. The van der Waals surface area contributed by atoms with Crippen molar-refractivity contribution in [2.75, 3.05) is 0 Å². The molecule has 9 aromatic rings. The van der Waals surface area contributed by atoms with Crippen LogP contribution in [0, 0.1) is 0 Å². The van der Waals surface area contributed by atoms with Gasteiger partial charge in [-0.3, -0.25) is 0 Å². The second kappa shape index (κ2) is 7.62. The number of para-hydroxylation sites is 5. The molecule has 0 fully saturated rings. The van der Waals surface area contributed by atoms with Gasteiger partial charge in [0.2, 0.25) is 0 Å². The highest BCUT2D eigenvalue weighted by Crippen LogP contribution is 2.41. The van der Waals surface area contributed by atoms with Gasteiger partial charge in [-0.15, -0.1) is 0 Å². The van der Waals surface area contributed by atoms with Crippen LogP contribution in [0.3, 0.4) is 0 Å². The Morgan fingerprint density at radius 3 is 1.85 bits per heavy atom. The van der Waals surface area contributed by atoms with E-state index >= 15 is 0 Å². The first-order valence-corrected chi connectivity index (χ1v) is 13.3. The van der Waals surface area contributed by atoms with Crippen molar-refractivity contribution in [3.05, 3.63) is 133 Å². The van der Waals surface area contributed by atoms with Crippen molar-refractivity contribution in [3.8, 4) is 11.4 Å². The minimum atomic E-state index is 0.906. The molecule has 3 nitrogen and oxygen atoms in total. The molecule has 0 aliphatic heterocycles. The van der Waals surface area contributed by atoms with Crippen LogP contribution in [0.5, 0.6) is 0 Å². The fourth-order valence-corrected chi connectivity index (χ4v) is 6.47. The molecule has 3 heterocycles. The molecule has 3 aromatic heterocycles. The third kappa shape index (κ3) is 2.76. The van der Waals surface area contributed by atoms with E-state index in [4.69, 9.17) is 4.42 Å². The van der Waals surface area contributed by atoms with Crippen molar-refractivity contribution in [1.82, 2.24) is 9.13 Å². The van der Waals surface area contributed by atoms with Crippen molar-refractivity contribution in [3.63, 3.8) is 0 Å². The molecule has 39 heavy (non-hydrogen) atoms. The lowest BCUT2D eigenvalue weighted by Crippen LogP contribution is -2.00. The number of aromatic nitrogens is 2. The van der Waals surface area contributed by atoms with Crippen LogP contribution in [-0.4, -0.2) is 9.13 Å². The van der Waals surface area contributed by atoms with E-state index in [1.54, 1.807) is 0 Å². The highest BCUT2D eigenvalue weighted by atomic mass is 16.3. The topological polar surface area (TPSA) is 23.0 Å². The van der Waals surface area contributed by atoms with E-state index < -0.39 is 0 Å². The van der Waals surface area contributed by atoms with Gasteiger partial charge < -0.3 is 13.6 Å². The molecular formula is C36H22N2O. The minimum absolute atomic E-state index is 0.906. The summed E-state index contributed by atoms with van der Waals surface area (Å²) >= 11 is 0. The molecule has 0 aliphatic carbocycles. The van der Waals surface area contributed by atoms with Crippen LogP contribution in [0.4, 0.5) is 0 Å². The quantitative estimate of drug-likeness (QED) is 0.233. The highest BCUT2D eigenvalue weighted by Gasteiger charge is 2.21. The zero-order valence-electron chi connectivity index (χ0n) is 21.0. The Balaban J connectivity index is 1.49. The Bertz CT molecular complexity index is 2390. The van der Waals surface area contributed by atoms with Gasteiger partial charge in [0.15, 0.2) is 0 Å². The predicted octanol–water partition coefficient (Wildman–Crippen LogP) is 9.78. The van der Waals surface area contributed by atoms with E-state index in [2.05, 4.69) is 130 Å². The molecule has 0 radical (unpaired) electrons. The second-order valence-corrected chi connectivity index (χ2v) is 10.2. The first-order valence-electron chi connectivity index (χ1n) is 13.3. The van der Waals surface area contributed by atoms with Gasteiger partial charge in [-0.25, -0.2) is 0 Å². The summed E-state index contributed by atoms with van der Waals surface area (Å²) in [5.41, 5.74) is 8.84. The summed E-state index contributed by atoms with van der Waals surface area (Å²) in [5, 5.41) is 7.25. The second-order valence-electron chi connectivity index (χ2n) is 10.2. The van der Waals surface area contributed by atoms with E-state index in [1.807, 2.05) is 12.1 Å². The lowest BCUT2D eigenvalue weighted by Gasteiger charge is -2.14. The van der Waals surface area contributed by atoms with Gasteiger partial charge in [0.1, 0.15) is 11.2 Å². The maximum absolute atomic E-state index is 6.36. The summed E-state index contributed by atoms with van der Waals surface area (Å²) in [4.78, 5) is 0. The van der Waals surface area contributed by atoms with Gasteiger partial charge >= 0.3 is 0 Å². The molecule has 0 N–H and O–H groups in total. The summed E-state index contributed by atoms with van der Waals surface area (Å²) in [6.07, 6.45) is 0. The van der Waals surface area contributed by atoms with Crippen molar-refractivity contribution in [1.29, 1.82) is 0 Å². The Morgan fingerprint density at radius 2 is 1.03 bits per heavy atom. The smallest absolute Gasteiger partial charge is 0.137 e.